The molecule has 0 saturated heterocycles. The third-order valence-corrected chi connectivity index (χ3v) is 6.81. The number of ketones is 1. The predicted molar refractivity (Wildman–Crippen MR) is 150 cm³/mol. The van der Waals surface area contributed by atoms with Gasteiger partial charge in [0, 0.05) is 17.6 Å². The van der Waals surface area contributed by atoms with Gasteiger partial charge in [0.15, 0.2) is 5.78 Å². The second-order valence-electron chi connectivity index (χ2n) is 8.74. The zero-order valence-corrected chi connectivity index (χ0v) is 21.9. The van der Waals surface area contributed by atoms with Crippen LogP contribution in [0.15, 0.2) is 103 Å². The molecule has 0 spiro atoms. The van der Waals surface area contributed by atoms with Gasteiger partial charge in [-0.3, -0.25) is 4.79 Å². The van der Waals surface area contributed by atoms with Gasteiger partial charge in [0.25, 0.3) is 0 Å². The van der Waals surface area contributed by atoms with Crippen LogP contribution in [0.2, 0.25) is 0 Å². The monoisotopic (exact) mass is 536 g/mol. The Kier molecular flexibility index (Phi) is 7.75. The topological polar surface area (TPSA) is 98.6 Å². The maximum atomic E-state index is 13.9. The number of Topliss-reactive ketones (excluding diaryl/α,β-unsaturated/α-hetero) is 1. The van der Waals surface area contributed by atoms with E-state index < -0.39 is 11.8 Å². The molecule has 1 heterocycles. The number of carbonyl (C=O) groups excluding carboxylic acids is 1. The van der Waals surface area contributed by atoms with Gasteiger partial charge in [-0.15, -0.1) is 0 Å². The predicted octanol–water partition coefficient (Wildman–Crippen LogP) is 6.24. The molecular formula is C31H24N2O5S. The molecule has 0 bridgehead atoms. The number of carbonyl (C=O) groups is 2. The lowest BCUT2D eigenvalue weighted by atomic mass is 9.89. The second-order valence-corrected chi connectivity index (χ2v) is 9.27. The molecule has 0 aliphatic rings. The molecule has 0 atom stereocenters. The van der Waals surface area contributed by atoms with Crippen LogP contribution < -0.4 is 9.47 Å². The van der Waals surface area contributed by atoms with Gasteiger partial charge < -0.3 is 14.6 Å². The first-order chi connectivity index (χ1) is 19.0. The summed E-state index contributed by atoms with van der Waals surface area (Å²) in [7, 11) is 1.54. The van der Waals surface area contributed by atoms with Gasteiger partial charge in [0.1, 0.15) is 29.1 Å². The summed E-state index contributed by atoms with van der Waals surface area (Å²) in [6, 6.07) is 28.8. The van der Waals surface area contributed by atoms with Crippen molar-refractivity contribution in [2.24, 2.45) is 0 Å². The zero-order chi connectivity index (χ0) is 27.2. The maximum Gasteiger partial charge on any atom is 0.336 e. The highest BCUT2D eigenvalue weighted by molar-refractivity contribution is 7.00. The van der Waals surface area contributed by atoms with E-state index in [4.69, 9.17) is 9.47 Å². The summed E-state index contributed by atoms with van der Waals surface area (Å²) in [6.45, 7) is 0.393. The SMILES string of the molecule is COc1ccccc1C/C(C(=O)c1ccc(OCc2ccccc2)cc1)=C(\C(=O)O)c1ccc2nsnc2c1. The van der Waals surface area contributed by atoms with E-state index in [9.17, 15) is 14.7 Å². The van der Waals surface area contributed by atoms with Gasteiger partial charge in [-0.05, 0) is 59.2 Å². The highest BCUT2D eigenvalue weighted by Crippen LogP contribution is 2.30. The number of allylic oxidation sites excluding steroid dienone is 1. The van der Waals surface area contributed by atoms with Crippen LogP contribution in [-0.2, 0) is 17.8 Å². The molecule has 1 N–H and O–H groups in total. The third-order valence-electron chi connectivity index (χ3n) is 6.26. The molecule has 4 aromatic carbocycles. The van der Waals surface area contributed by atoms with E-state index in [2.05, 4.69) is 8.75 Å². The van der Waals surface area contributed by atoms with Crippen LogP contribution in [0, 0.1) is 0 Å². The number of fused-ring (bicyclic) bond motifs is 1. The Morgan fingerprint density at radius 1 is 0.821 bits per heavy atom. The van der Waals surface area contributed by atoms with Crippen molar-refractivity contribution >= 4 is 40.1 Å². The van der Waals surface area contributed by atoms with Crippen molar-refractivity contribution in [1.82, 2.24) is 8.75 Å². The quantitative estimate of drug-likeness (QED) is 0.167. The molecular weight excluding hydrogens is 512 g/mol. The Bertz CT molecular complexity index is 1660. The first-order valence-electron chi connectivity index (χ1n) is 12.2. The standard InChI is InChI=1S/C31H24N2O5S/c1-37-28-10-6-5-9-22(28)17-25(29(31(35)36)23-13-16-26-27(18-23)33-39-32-26)30(34)21-11-14-24(15-12-21)38-19-20-7-3-2-4-8-20/h2-16,18H,17,19H2,1H3,(H,35,36)/b29-25+. The molecule has 0 fully saturated rings. The lowest BCUT2D eigenvalue weighted by molar-refractivity contribution is -0.130. The van der Waals surface area contributed by atoms with Gasteiger partial charge >= 0.3 is 5.97 Å². The Hall–Kier alpha value is -4.82. The van der Waals surface area contributed by atoms with Crippen LogP contribution in [0.1, 0.15) is 27.0 Å². The molecule has 0 saturated carbocycles. The summed E-state index contributed by atoms with van der Waals surface area (Å²) in [5.74, 6) is -0.440. The normalized spacial score (nSPS) is 11.6. The summed E-state index contributed by atoms with van der Waals surface area (Å²) in [5.41, 5.74) is 3.72. The van der Waals surface area contributed by atoms with E-state index in [0.717, 1.165) is 17.3 Å². The summed E-state index contributed by atoms with van der Waals surface area (Å²) in [5, 5.41) is 10.3. The molecule has 0 aliphatic heterocycles. The van der Waals surface area contributed by atoms with Crippen molar-refractivity contribution in [1.29, 1.82) is 0 Å². The van der Waals surface area contributed by atoms with Crippen molar-refractivity contribution < 1.29 is 24.2 Å². The van der Waals surface area contributed by atoms with Crippen molar-refractivity contribution in [2.45, 2.75) is 13.0 Å². The minimum atomic E-state index is -1.21. The number of ether oxygens (including phenoxy) is 2. The Labute approximate surface area is 229 Å². The molecule has 5 rings (SSSR count). The zero-order valence-electron chi connectivity index (χ0n) is 21.0. The van der Waals surface area contributed by atoms with Crippen LogP contribution in [0.25, 0.3) is 16.6 Å². The Balaban J connectivity index is 1.54. The minimum Gasteiger partial charge on any atom is -0.496 e. The molecule has 0 amide bonds. The van der Waals surface area contributed by atoms with Crippen molar-refractivity contribution in [2.75, 3.05) is 7.11 Å². The van der Waals surface area contributed by atoms with E-state index in [-0.39, 0.29) is 17.6 Å². The number of nitrogens with zero attached hydrogens (tertiary/aromatic N) is 2. The van der Waals surface area contributed by atoms with Crippen LogP contribution >= 0.6 is 11.7 Å². The van der Waals surface area contributed by atoms with E-state index in [1.54, 1.807) is 55.6 Å². The summed E-state index contributed by atoms with van der Waals surface area (Å²) in [6.07, 6.45) is 0.0596. The lowest BCUT2D eigenvalue weighted by Crippen LogP contribution is -2.14. The van der Waals surface area contributed by atoms with Crippen molar-refractivity contribution in [3.05, 3.63) is 125 Å². The van der Waals surface area contributed by atoms with E-state index in [0.29, 0.717) is 45.8 Å². The number of para-hydroxylation sites is 1. The van der Waals surface area contributed by atoms with Crippen LogP contribution in [0.3, 0.4) is 0 Å². The molecule has 0 unspecified atom stereocenters. The average molecular weight is 537 g/mol. The van der Waals surface area contributed by atoms with Crippen LogP contribution in [-0.4, -0.2) is 32.7 Å². The van der Waals surface area contributed by atoms with Gasteiger partial charge in [0.05, 0.1) is 24.4 Å². The molecule has 7 nitrogen and oxygen atoms in total. The molecule has 8 heteroatoms. The summed E-state index contributed by atoms with van der Waals surface area (Å²) >= 11 is 1.05. The van der Waals surface area contributed by atoms with E-state index >= 15 is 0 Å². The third kappa shape index (κ3) is 5.86. The Morgan fingerprint density at radius 2 is 1.51 bits per heavy atom. The summed E-state index contributed by atoms with van der Waals surface area (Å²) in [4.78, 5) is 26.6. The van der Waals surface area contributed by atoms with E-state index in [1.165, 1.54) is 0 Å². The molecule has 5 aromatic rings. The van der Waals surface area contributed by atoms with Gasteiger partial charge in [-0.1, -0.05) is 54.6 Å². The van der Waals surface area contributed by atoms with Gasteiger partial charge in [0.2, 0.25) is 0 Å². The highest BCUT2D eigenvalue weighted by atomic mass is 32.1. The smallest absolute Gasteiger partial charge is 0.336 e. The van der Waals surface area contributed by atoms with Crippen molar-refractivity contribution in [3.63, 3.8) is 0 Å². The van der Waals surface area contributed by atoms with Crippen LogP contribution in [0.5, 0.6) is 11.5 Å². The maximum absolute atomic E-state index is 13.9. The second kappa shape index (κ2) is 11.7. The largest absolute Gasteiger partial charge is 0.496 e. The number of benzene rings is 4. The lowest BCUT2D eigenvalue weighted by Gasteiger charge is -2.15. The summed E-state index contributed by atoms with van der Waals surface area (Å²) < 4.78 is 19.8. The van der Waals surface area contributed by atoms with E-state index in [1.807, 2.05) is 48.5 Å². The molecule has 0 radical (unpaired) electrons. The number of methoxy groups -OCH3 is 1. The number of carboxylic acids is 1. The van der Waals surface area contributed by atoms with Gasteiger partial charge in [-0.25, -0.2) is 4.79 Å². The number of hydrogen-bond acceptors (Lipinski definition) is 7. The molecule has 39 heavy (non-hydrogen) atoms. The first kappa shape index (κ1) is 25.8. The number of rotatable bonds is 10. The Morgan fingerprint density at radius 3 is 2.26 bits per heavy atom. The number of aromatic nitrogens is 2. The average Bonchev–Trinajstić information content (AvgIpc) is 3.44. The number of aliphatic carboxylic acids is 1. The number of carboxylic acid groups (broad SMARTS) is 1. The molecule has 1 aromatic heterocycles. The van der Waals surface area contributed by atoms with Gasteiger partial charge in [-0.2, -0.15) is 8.75 Å². The number of hydrogen-bond donors (Lipinski definition) is 1. The van der Waals surface area contributed by atoms with Crippen LogP contribution in [0.4, 0.5) is 0 Å². The fourth-order valence-corrected chi connectivity index (χ4v) is 4.82. The minimum absolute atomic E-state index is 0.0596. The highest BCUT2D eigenvalue weighted by Gasteiger charge is 2.25. The van der Waals surface area contributed by atoms with Crippen molar-refractivity contribution in [3.8, 4) is 11.5 Å². The fraction of sp³-hybridized carbons (Fsp3) is 0.0968. The molecule has 194 valence electrons. The first-order valence-corrected chi connectivity index (χ1v) is 12.9. The fourth-order valence-electron chi connectivity index (χ4n) is 4.30. The molecule has 0 aliphatic carbocycles.